The van der Waals surface area contributed by atoms with E-state index in [4.69, 9.17) is 24.2 Å². The average Bonchev–Trinajstić information content (AvgIpc) is 3.27. The van der Waals surface area contributed by atoms with Gasteiger partial charge in [0.1, 0.15) is 24.1 Å². The third kappa shape index (κ3) is 9.76. The van der Waals surface area contributed by atoms with Crippen LogP contribution in [-0.4, -0.2) is 77.6 Å². The average molecular weight is 819 g/mol. The highest BCUT2D eigenvalue weighted by molar-refractivity contribution is 6.03. The maximum atomic E-state index is 14.8. The zero-order valence-corrected chi connectivity index (χ0v) is 34.8. The van der Waals surface area contributed by atoms with Crippen LogP contribution in [0.25, 0.3) is 0 Å². The van der Waals surface area contributed by atoms with E-state index < -0.39 is 23.8 Å². The van der Waals surface area contributed by atoms with Gasteiger partial charge in [-0.15, -0.1) is 6.58 Å². The molecular weight excluding hydrogens is 761 g/mol. The van der Waals surface area contributed by atoms with E-state index in [-0.39, 0.29) is 49.9 Å². The Balaban J connectivity index is 1.53. The fourth-order valence-electron chi connectivity index (χ4n) is 9.26. The number of carbonyl (C=O) groups is 2. The smallest absolute Gasteiger partial charge is 0.412 e. The predicted octanol–water partition coefficient (Wildman–Crippen LogP) is 8.05. The van der Waals surface area contributed by atoms with Crippen LogP contribution in [0, 0.1) is 29.1 Å². The number of fused-ring (bicyclic) bond motifs is 2. The summed E-state index contributed by atoms with van der Waals surface area (Å²) in [6.07, 6.45) is 8.71. The molecule has 60 heavy (non-hydrogen) atoms. The van der Waals surface area contributed by atoms with Crippen molar-refractivity contribution in [1.82, 2.24) is 10.2 Å². The summed E-state index contributed by atoms with van der Waals surface area (Å²) >= 11 is 0. The van der Waals surface area contributed by atoms with Crippen LogP contribution in [0.1, 0.15) is 98.2 Å². The maximum absolute atomic E-state index is 14.8. The molecule has 3 aromatic carbocycles. The second-order valence-corrected chi connectivity index (χ2v) is 15.6. The molecule has 1 aliphatic heterocycles. The maximum Gasteiger partial charge on any atom is 0.412 e. The number of oxime groups is 1. The zero-order chi connectivity index (χ0) is 42.5. The number of amides is 2. The fraction of sp³-hybridized carbons (Fsp3) is 0.458. The van der Waals surface area contributed by atoms with Gasteiger partial charge in [0.25, 0.3) is 5.91 Å². The van der Waals surface area contributed by atoms with E-state index in [1.165, 1.54) is 0 Å². The summed E-state index contributed by atoms with van der Waals surface area (Å²) in [4.78, 5) is 35.7. The number of aliphatic hydroxyl groups is 2. The Kier molecular flexibility index (Phi) is 15.5. The minimum Gasteiger partial charge on any atom is -0.459 e. The minimum absolute atomic E-state index is 0.00134. The molecule has 6 rings (SSSR count). The Morgan fingerprint density at radius 3 is 2.47 bits per heavy atom. The lowest BCUT2D eigenvalue weighted by Gasteiger charge is -2.60. The number of unbranched alkanes of at least 4 members (excludes halogenated alkanes) is 2. The Bertz CT molecular complexity index is 2030. The van der Waals surface area contributed by atoms with E-state index in [0.29, 0.717) is 67.3 Å². The molecule has 1 heterocycles. The SMILES string of the molecule is C=CCOC12Oc3ccc(OC(=O)NCc4ccccc4)cc3C3C(CCCCO)C(CCCCO)C=C(C(=NOCC)CC1N(CCC)C(=O)c1ccc(C#N)cc1)C32. The summed E-state index contributed by atoms with van der Waals surface area (Å²) in [5.41, 5.74) is 4.28. The summed E-state index contributed by atoms with van der Waals surface area (Å²) < 4.78 is 20.2. The lowest BCUT2D eigenvalue weighted by molar-refractivity contribution is -0.254. The van der Waals surface area contributed by atoms with Gasteiger partial charge in [-0.05, 0) is 104 Å². The van der Waals surface area contributed by atoms with Crippen molar-refractivity contribution >= 4 is 17.7 Å². The number of rotatable bonds is 20. The second kappa shape index (κ2) is 21.2. The molecule has 0 spiro atoms. The molecule has 3 aliphatic rings. The van der Waals surface area contributed by atoms with Crippen LogP contribution in [0.5, 0.6) is 11.5 Å². The van der Waals surface area contributed by atoms with Gasteiger partial charge in [0.05, 0.1) is 29.9 Å². The Hall–Kier alpha value is -5.48. The number of nitriles is 1. The van der Waals surface area contributed by atoms with Gasteiger partial charge in [0, 0.05) is 49.8 Å². The molecule has 2 aliphatic carbocycles. The van der Waals surface area contributed by atoms with Gasteiger partial charge in [0.2, 0.25) is 5.79 Å². The van der Waals surface area contributed by atoms with E-state index in [1.807, 2.05) is 61.2 Å². The van der Waals surface area contributed by atoms with Crippen molar-refractivity contribution in [3.63, 3.8) is 0 Å². The molecule has 0 radical (unpaired) electrons. The van der Waals surface area contributed by atoms with Crippen LogP contribution in [0.3, 0.4) is 0 Å². The summed E-state index contributed by atoms with van der Waals surface area (Å²) in [5.74, 6) is -1.50. The van der Waals surface area contributed by atoms with E-state index >= 15 is 0 Å². The van der Waals surface area contributed by atoms with E-state index in [1.54, 1.807) is 36.4 Å². The quantitative estimate of drug-likeness (QED) is 0.0582. The molecule has 318 valence electrons. The van der Waals surface area contributed by atoms with Crippen molar-refractivity contribution in [2.75, 3.05) is 33.0 Å². The lowest BCUT2D eigenvalue weighted by Crippen LogP contribution is -2.70. The number of aliphatic hydroxyl groups excluding tert-OH is 2. The van der Waals surface area contributed by atoms with Crippen LogP contribution in [0.4, 0.5) is 4.79 Å². The van der Waals surface area contributed by atoms with Gasteiger partial charge < -0.3 is 39.5 Å². The van der Waals surface area contributed by atoms with Gasteiger partial charge in [0.15, 0.2) is 0 Å². The highest BCUT2D eigenvalue weighted by Crippen LogP contribution is 2.62. The van der Waals surface area contributed by atoms with Gasteiger partial charge in [-0.2, -0.15) is 5.26 Å². The summed E-state index contributed by atoms with van der Waals surface area (Å²) in [6.45, 7) is 9.21. The summed E-state index contributed by atoms with van der Waals surface area (Å²) in [5, 5.41) is 36.9. The van der Waals surface area contributed by atoms with Crippen molar-refractivity contribution < 1.29 is 38.9 Å². The van der Waals surface area contributed by atoms with Gasteiger partial charge in [-0.25, -0.2) is 4.79 Å². The van der Waals surface area contributed by atoms with Gasteiger partial charge in [-0.3, -0.25) is 4.79 Å². The molecular formula is C48H58N4O8. The predicted molar refractivity (Wildman–Crippen MR) is 228 cm³/mol. The first-order chi connectivity index (χ1) is 29.3. The standard InChI is InChI=1S/C48H58N4O8/c1-4-24-52(46(55)35-20-18-33(31-49)19-21-35)43-30-41(51-58-6-3)39-28-36(16-10-12-25-53)38(17-11-13-26-54)44-40-29-37(59-47(56)50-32-34-14-8-7-9-15-34)22-23-42(40)60-48(43,45(39)44)57-27-5-2/h5,7-9,14-15,18-23,28-29,36,38,43-45,53-54H,2,4,6,10-13,16-17,24-27,30,32H2,1,3H3,(H,50,56). The number of nitrogens with one attached hydrogen (secondary N) is 1. The first-order valence-electron chi connectivity index (χ1n) is 21.3. The van der Waals surface area contributed by atoms with Crippen LogP contribution in [0.2, 0.25) is 0 Å². The Labute approximate surface area is 353 Å². The molecule has 3 aromatic rings. The molecule has 0 bridgehead atoms. The van der Waals surface area contributed by atoms with Crippen molar-refractivity contribution in [2.24, 2.45) is 22.9 Å². The van der Waals surface area contributed by atoms with Crippen molar-refractivity contribution in [2.45, 2.75) is 89.5 Å². The van der Waals surface area contributed by atoms with Crippen LogP contribution < -0.4 is 14.8 Å². The lowest BCUT2D eigenvalue weighted by atomic mass is 9.55. The Morgan fingerprint density at radius 2 is 1.78 bits per heavy atom. The minimum atomic E-state index is -1.43. The topological polar surface area (TPSA) is 163 Å². The third-order valence-electron chi connectivity index (χ3n) is 11.8. The highest BCUT2D eigenvalue weighted by Gasteiger charge is 2.65. The number of ether oxygens (including phenoxy) is 3. The summed E-state index contributed by atoms with van der Waals surface area (Å²) in [6, 6.07) is 23.1. The highest BCUT2D eigenvalue weighted by atomic mass is 16.7. The molecule has 0 aromatic heterocycles. The number of hydrogen-bond acceptors (Lipinski definition) is 10. The molecule has 2 amide bonds. The van der Waals surface area contributed by atoms with E-state index in [2.05, 4.69) is 24.0 Å². The van der Waals surface area contributed by atoms with Gasteiger partial charge in [-0.1, -0.05) is 67.4 Å². The molecule has 1 fully saturated rings. The van der Waals surface area contributed by atoms with Crippen LogP contribution in [0.15, 0.2) is 102 Å². The molecule has 6 unspecified atom stereocenters. The molecule has 12 heteroatoms. The Morgan fingerprint density at radius 1 is 1.03 bits per heavy atom. The van der Waals surface area contributed by atoms with Crippen LogP contribution >= 0.6 is 0 Å². The number of benzene rings is 3. The third-order valence-corrected chi connectivity index (χ3v) is 11.8. The number of hydrogen-bond donors (Lipinski definition) is 3. The summed E-state index contributed by atoms with van der Waals surface area (Å²) in [7, 11) is 0. The van der Waals surface area contributed by atoms with E-state index in [0.717, 1.165) is 42.4 Å². The number of carbonyl (C=O) groups excluding carboxylic acids is 2. The fourth-order valence-corrected chi connectivity index (χ4v) is 9.26. The normalized spacial score (nSPS) is 23.2. The molecule has 12 nitrogen and oxygen atoms in total. The van der Waals surface area contributed by atoms with E-state index in [9.17, 15) is 25.1 Å². The largest absolute Gasteiger partial charge is 0.459 e. The van der Waals surface area contributed by atoms with Crippen molar-refractivity contribution in [3.8, 4) is 17.6 Å². The first-order valence-corrected chi connectivity index (χ1v) is 21.3. The van der Waals surface area contributed by atoms with Crippen molar-refractivity contribution in [3.05, 3.63) is 119 Å². The number of nitrogens with zero attached hydrogens (tertiary/aromatic N) is 3. The van der Waals surface area contributed by atoms with Crippen molar-refractivity contribution in [1.29, 1.82) is 5.26 Å². The second-order valence-electron chi connectivity index (χ2n) is 15.6. The van der Waals surface area contributed by atoms with Crippen LogP contribution in [-0.2, 0) is 16.1 Å². The zero-order valence-electron chi connectivity index (χ0n) is 34.8. The molecule has 0 saturated heterocycles. The molecule has 3 N–H and O–H groups in total. The van der Waals surface area contributed by atoms with Gasteiger partial charge >= 0.3 is 6.09 Å². The molecule has 6 atom stereocenters. The first kappa shape index (κ1) is 44.1. The number of allylic oxidation sites excluding steroid dienone is 1. The monoisotopic (exact) mass is 818 g/mol. The molecule has 1 saturated carbocycles.